The van der Waals surface area contributed by atoms with Gasteiger partial charge in [-0.3, -0.25) is 0 Å². The Morgan fingerprint density at radius 3 is 2.53 bits per heavy atom. The van der Waals surface area contributed by atoms with E-state index in [0.717, 1.165) is 41.3 Å². The summed E-state index contributed by atoms with van der Waals surface area (Å²) in [7, 11) is -1.92. The van der Waals surface area contributed by atoms with Crippen molar-refractivity contribution in [2.75, 3.05) is 30.9 Å². The van der Waals surface area contributed by atoms with Gasteiger partial charge in [-0.15, -0.1) is 11.8 Å². The lowest BCUT2D eigenvalue weighted by Crippen LogP contribution is -2.40. The summed E-state index contributed by atoms with van der Waals surface area (Å²) >= 11 is 1.71. The first-order valence-corrected chi connectivity index (χ1v) is 14.1. The van der Waals surface area contributed by atoms with Gasteiger partial charge in [0.1, 0.15) is 10.6 Å². The molecule has 0 amide bonds. The summed E-state index contributed by atoms with van der Waals surface area (Å²) in [6.45, 7) is 5.55. The zero-order valence-corrected chi connectivity index (χ0v) is 20.9. The highest BCUT2D eigenvalue weighted by Crippen LogP contribution is 2.44. The number of rotatable bonds is 9. The average molecular weight is 475 g/mol. The van der Waals surface area contributed by atoms with Crippen molar-refractivity contribution in [2.24, 2.45) is 5.92 Å². The molecule has 1 aliphatic heterocycles. The fourth-order valence-electron chi connectivity index (χ4n) is 4.16. The van der Waals surface area contributed by atoms with Gasteiger partial charge in [-0.25, -0.2) is 8.42 Å². The molecule has 0 radical (unpaired) electrons. The average Bonchev–Trinajstić information content (AvgIpc) is 3.63. The number of fused-ring (bicyclic) bond motifs is 1. The second-order valence-corrected chi connectivity index (χ2v) is 12.0. The van der Waals surface area contributed by atoms with E-state index in [1.165, 1.54) is 12.8 Å². The van der Waals surface area contributed by atoms with Gasteiger partial charge in [0.2, 0.25) is 10.0 Å². The number of nitrogens with zero attached hydrogens (tertiary/aromatic N) is 2. The molecule has 1 aliphatic carbocycles. The number of sulfonamides is 1. The number of hydrogen-bond donors (Lipinski definition) is 0. The Kier molecular flexibility index (Phi) is 7.37. The van der Waals surface area contributed by atoms with Crippen LogP contribution in [0.3, 0.4) is 0 Å². The Hall–Kier alpha value is -1.70. The Labute approximate surface area is 197 Å². The number of para-hydroxylation sites is 1. The van der Waals surface area contributed by atoms with Crippen molar-refractivity contribution in [3.05, 3.63) is 42.5 Å². The number of unbranched alkanes of at least 4 members (excludes halogenated alkanes) is 1. The molecule has 2 aromatic carbocycles. The smallest absolute Gasteiger partial charge is 0.245 e. The first-order valence-electron chi connectivity index (χ1n) is 11.7. The van der Waals surface area contributed by atoms with E-state index in [1.807, 2.05) is 24.3 Å². The number of anilines is 2. The van der Waals surface area contributed by atoms with Crippen molar-refractivity contribution in [2.45, 2.75) is 61.8 Å². The molecule has 0 spiro atoms. The van der Waals surface area contributed by atoms with E-state index >= 15 is 0 Å². The zero-order chi connectivity index (χ0) is 22.7. The summed E-state index contributed by atoms with van der Waals surface area (Å²) in [5.74, 6) is 2.20. The van der Waals surface area contributed by atoms with Crippen molar-refractivity contribution < 1.29 is 13.2 Å². The Balaban J connectivity index is 1.85. The van der Waals surface area contributed by atoms with Crippen molar-refractivity contribution in [3.8, 4) is 5.75 Å². The SMILES string of the molecule is CCCC[C@H]1CN(c2ccccc2)c2cc(SCC)c(OCC3CC3)cc2S(=O)(=O)N1C. The van der Waals surface area contributed by atoms with Gasteiger partial charge in [0.05, 0.1) is 17.2 Å². The molecule has 2 aromatic rings. The topological polar surface area (TPSA) is 49.9 Å². The minimum absolute atomic E-state index is 0.0920. The van der Waals surface area contributed by atoms with Crippen molar-refractivity contribution in [1.82, 2.24) is 4.31 Å². The van der Waals surface area contributed by atoms with Crippen molar-refractivity contribution in [1.29, 1.82) is 0 Å². The molecule has 0 unspecified atom stereocenters. The van der Waals surface area contributed by atoms with Gasteiger partial charge in [0.25, 0.3) is 0 Å². The molecule has 4 rings (SSSR count). The Morgan fingerprint density at radius 1 is 1.12 bits per heavy atom. The van der Waals surface area contributed by atoms with E-state index in [-0.39, 0.29) is 6.04 Å². The summed E-state index contributed by atoms with van der Waals surface area (Å²) < 4.78 is 35.3. The lowest BCUT2D eigenvalue weighted by atomic mass is 10.1. The zero-order valence-electron chi connectivity index (χ0n) is 19.3. The molecule has 0 bridgehead atoms. The number of hydrogen-bond acceptors (Lipinski definition) is 5. The molecular weight excluding hydrogens is 440 g/mol. The third-order valence-electron chi connectivity index (χ3n) is 6.31. The highest BCUT2D eigenvalue weighted by atomic mass is 32.2. The van der Waals surface area contributed by atoms with Crippen LogP contribution in [-0.4, -0.2) is 44.7 Å². The summed E-state index contributed by atoms with van der Waals surface area (Å²) in [5, 5.41) is 0. The molecule has 174 valence electrons. The largest absolute Gasteiger partial charge is 0.492 e. The Morgan fingerprint density at radius 2 is 1.88 bits per heavy atom. The van der Waals surface area contributed by atoms with Crippen LogP contribution in [0.4, 0.5) is 11.4 Å². The molecular formula is C25H34N2O3S2. The van der Waals surface area contributed by atoms with Crippen molar-refractivity contribution >= 4 is 33.2 Å². The van der Waals surface area contributed by atoms with Crippen LogP contribution in [0.1, 0.15) is 46.0 Å². The number of thioether (sulfide) groups is 1. The van der Waals surface area contributed by atoms with Gasteiger partial charge in [-0.1, -0.05) is 44.9 Å². The van der Waals surface area contributed by atoms with Gasteiger partial charge < -0.3 is 9.64 Å². The fraction of sp³-hybridized carbons (Fsp3) is 0.520. The van der Waals surface area contributed by atoms with Crippen LogP contribution in [-0.2, 0) is 10.0 Å². The normalized spacial score (nSPS) is 20.6. The van der Waals surface area contributed by atoms with Crippen LogP contribution in [0.25, 0.3) is 0 Å². The summed E-state index contributed by atoms with van der Waals surface area (Å²) in [6, 6.07) is 13.8. The predicted octanol–water partition coefficient (Wildman–Crippen LogP) is 5.92. The number of likely N-dealkylation sites (N-methyl/N-ethyl adjacent to an activating group) is 1. The Bertz CT molecular complexity index is 1020. The maximum Gasteiger partial charge on any atom is 0.245 e. The van der Waals surface area contributed by atoms with Crippen LogP contribution >= 0.6 is 11.8 Å². The molecule has 0 aromatic heterocycles. The first-order chi connectivity index (χ1) is 15.5. The van der Waals surface area contributed by atoms with Crippen LogP contribution in [0.5, 0.6) is 5.75 Å². The lowest BCUT2D eigenvalue weighted by molar-refractivity contribution is 0.292. The minimum atomic E-state index is -3.65. The predicted molar refractivity (Wildman–Crippen MR) is 133 cm³/mol. The molecule has 1 atom stereocenters. The molecule has 0 saturated heterocycles. The number of benzene rings is 2. The highest BCUT2D eigenvalue weighted by molar-refractivity contribution is 7.99. The van der Waals surface area contributed by atoms with Crippen LogP contribution < -0.4 is 9.64 Å². The summed E-state index contributed by atoms with van der Waals surface area (Å²) in [6.07, 6.45) is 5.27. The lowest BCUT2D eigenvalue weighted by Gasteiger charge is -2.29. The molecule has 5 nitrogen and oxygen atoms in total. The monoisotopic (exact) mass is 474 g/mol. The van der Waals surface area contributed by atoms with E-state index in [4.69, 9.17) is 4.74 Å². The van der Waals surface area contributed by atoms with E-state index in [1.54, 1.807) is 29.2 Å². The highest BCUT2D eigenvalue weighted by Gasteiger charge is 2.37. The van der Waals surface area contributed by atoms with Gasteiger partial charge in [-0.2, -0.15) is 4.31 Å². The molecule has 1 heterocycles. The minimum Gasteiger partial charge on any atom is -0.492 e. The second kappa shape index (κ2) is 10.1. The standard InChI is InChI=1S/C25H34N2O3S2/c1-4-6-10-21-17-27(20-11-8-7-9-12-20)22-15-24(31-5-2)23(30-18-19-13-14-19)16-25(22)32(28,29)26(21)3/h7-9,11-12,15-16,19,21H,4-6,10,13-14,17-18H2,1-3H3/t21-/m0/s1. The van der Waals surface area contributed by atoms with Crippen LogP contribution in [0.15, 0.2) is 52.3 Å². The third kappa shape index (κ3) is 4.95. The second-order valence-electron chi connectivity index (χ2n) is 8.72. The molecule has 2 aliphatic rings. The van der Waals surface area contributed by atoms with Gasteiger partial charge in [0.15, 0.2) is 0 Å². The van der Waals surface area contributed by atoms with E-state index in [2.05, 4.69) is 30.9 Å². The third-order valence-corrected chi connectivity index (χ3v) is 9.17. The molecule has 1 fully saturated rings. The molecule has 32 heavy (non-hydrogen) atoms. The van der Waals surface area contributed by atoms with Crippen LogP contribution in [0.2, 0.25) is 0 Å². The number of ether oxygens (including phenoxy) is 1. The van der Waals surface area contributed by atoms with E-state index in [9.17, 15) is 8.42 Å². The van der Waals surface area contributed by atoms with E-state index < -0.39 is 10.0 Å². The molecule has 7 heteroatoms. The van der Waals surface area contributed by atoms with Gasteiger partial charge in [-0.05, 0) is 49.1 Å². The molecule has 1 saturated carbocycles. The summed E-state index contributed by atoms with van der Waals surface area (Å²) in [4.78, 5) is 3.54. The van der Waals surface area contributed by atoms with Gasteiger partial charge in [0, 0.05) is 31.4 Å². The molecule has 0 N–H and O–H groups in total. The maximum absolute atomic E-state index is 13.8. The fourth-order valence-corrected chi connectivity index (χ4v) is 6.49. The first kappa shape index (κ1) is 23.5. The van der Waals surface area contributed by atoms with Crippen LogP contribution in [0, 0.1) is 5.92 Å². The maximum atomic E-state index is 13.8. The summed E-state index contributed by atoms with van der Waals surface area (Å²) in [5.41, 5.74) is 1.76. The quantitative estimate of drug-likeness (QED) is 0.422. The van der Waals surface area contributed by atoms with Crippen molar-refractivity contribution in [3.63, 3.8) is 0 Å². The van der Waals surface area contributed by atoms with E-state index in [0.29, 0.717) is 29.7 Å². The van der Waals surface area contributed by atoms with Gasteiger partial charge >= 0.3 is 0 Å².